The smallest absolute Gasteiger partial charge is 0.308 e. The van der Waals surface area contributed by atoms with Gasteiger partial charge in [-0.25, -0.2) is 8.42 Å². The Balaban J connectivity index is 3.37. The van der Waals surface area contributed by atoms with Crippen LogP contribution in [0, 0.1) is 0 Å². The third-order valence-electron chi connectivity index (χ3n) is 6.57. The number of alkyl halides is 2. The van der Waals surface area contributed by atoms with Gasteiger partial charge >= 0.3 is 5.12 Å². The van der Waals surface area contributed by atoms with Crippen molar-refractivity contribution in [1.29, 1.82) is 0 Å². The van der Waals surface area contributed by atoms with E-state index in [0.717, 1.165) is 6.26 Å². The summed E-state index contributed by atoms with van der Waals surface area (Å²) in [6.07, 6.45) is -1.17. The first-order chi connectivity index (χ1) is 12.4. The van der Waals surface area contributed by atoms with Crippen molar-refractivity contribution in [1.82, 2.24) is 0 Å². The van der Waals surface area contributed by atoms with Crippen molar-refractivity contribution >= 4 is 49.7 Å². The molecule has 0 spiro atoms. The lowest BCUT2D eigenvalue weighted by atomic mass is 10.2. The Morgan fingerprint density at radius 3 is 1.76 bits per heavy atom. The fraction of sp³-hybridized carbons (Fsp3) is 1.00. The van der Waals surface area contributed by atoms with E-state index in [9.17, 15) is 13.5 Å². The van der Waals surface area contributed by atoms with Gasteiger partial charge in [0.1, 0.15) is 12.2 Å². The highest BCUT2D eigenvalue weighted by molar-refractivity contribution is 7.92. The van der Waals surface area contributed by atoms with Crippen LogP contribution in [-0.2, 0) is 23.4 Å². The molecule has 0 aromatic rings. The van der Waals surface area contributed by atoms with Gasteiger partial charge in [-0.1, -0.05) is 64.7 Å². The normalized spacial score (nSPS) is 29.3. The average molecular weight is 510 g/mol. The zero-order chi connectivity index (χ0) is 23.5. The highest BCUT2D eigenvalue weighted by atomic mass is 35.5. The Bertz CT molecular complexity index is 713. The molecule has 1 fully saturated rings. The average Bonchev–Trinajstić information content (AvgIpc) is 2.63. The zero-order valence-corrected chi connectivity index (χ0v) is 23.8. The lowest BCUT2D eigenvalue weighted by Crippen LogP contribution is -2.57. The van der Waals surface area contributed by atoms with Gasteiger partial charge in [-0.05, 0) is 36.3 Å². The fourth-order valence-corrected chi connectivity index (χ4v) is 7.06. The van der Waals surface area contributed by atoms with Crippen LogP contribution in [0.1, 0.15) is 41.5 Å². The predicted molar refractivity (Wildman–Crippen MR) is 124 cm³/mol. The summed E-state index contributed by atoms with van der Waals surface area (Å²) in [6, 6.07) is 0. The lowest BCUT2D eigenvalue weighted by Gasteiger charge is -2.42. The third kappa shape index (κ3) is 5.25. The topological polar surface area (TPSA) is 82.1 Å². The van der Waals surface area contributed by atoms with Crippen LogP contribution in [0.15, 0.2) is 0 Å². The predicted octanol–water partition coefficient (Wildman–Crippen LogP) is 4.66. The molecule has 174 valence electrons. The van der Waals surface area contributed by atoms with Crippen LogP contribution in [0.25, 0.3) is 0 Å². The quantitative estimate of drug-likeness (QED) is 0.414. The molecule has 0 radical (unpaired) electrons. The number of halogens is 2. The van der Waals surface area contributed by atoms with E-state index in [0.29, 0.717) is 0 Å². The van der Waals surface area contributed by atoms with Crippen LogP contribution in [0.2, 0.25) is 36.3 Å². The first-order valence-electron chi connectivity index (χ1n) is 9.70. The molecule has 1 saturated heterocycles. The number of aliphatic hydroxyl groups is 1. The van der Waals surface area contributed by atoms with E-state index in [1.165, 1.54) is 0 Å². The van der Waals surface area contributed by atoms with E-state index in [1.807, 2.05) is 33.9 Å². The molecule has 0 aliphatic carbocycles. The van der Waals surface area contributed by atoms with E-state index in [-0.39, 0.29) is 16.7 Å². The summed E-state index contributed by atoms with van der Waals surface area (Å²) in [7, 11) is -8.80. The van der Waals surface area contributed by atoms with E-state index >= 15 is 0 Å². The number of ether oxygens (including phenoxy) is 1. The monoisotopic (exact) mass is 508 g/mol. The molecule has 0 aromatic heterocycles. The van der Waals surface area contributed by atoms with Gasteiger partial charge in [-0.2, -0.15) is 0 Å². The van der Waals surface area contributed by atoms with E-state index < -0.39 is 48.1 Å². The van der Waals surface area contributed by atoms with Gasteiger partial charge in [0.25, 0.3) is 0 Å². The Morgan fingerprint density at radius 1 is 1.00 bits per heavy atom. The molecule has 0 bridgehead atoms. The first kappa shape index (κ1) is 27.8. The number of sulfone groups is 1. The molecule has 1 aliphatic heterocycles. The fourth-order valence-electron chi connectivity index (χ4n) is 2.37. The van der Waals surface area contributed by atoms with E-state index in [4.69, 9.17) is 36.8 Å². The summed E-state index contributed by atoms with van der Waals surface area (Å²) in [5.41, 5.74) is 0. The lowest BCUT2D eigenvalue weighted by molar-refractivity contribution is -0.139. The molecule has 0 saturated carbocycles. The molecule has 1 heterocycles. The number of rotatable bonds is 6. The molecule has 1 N–H and O–H groups in total. The minimum atomic E-state index is -4.19. The van der Waals surface area contributed by atoms with Gasteiger partial charge in [0, 0.05) is 6.26 Å². The molecular formula is C18H38Cl2O6SSi2. The van der Waals surface area contributed by atoms with Crippen molar-refractivity contribution in [2.75, 3.05) is 12.9 Å². The summed E-state index contributed by atoms with van der Waals surface area (Å²) >= 11 is 13.0. The summed E-state index contributed by atoms with van der Waals surface area (Å²) < 4.78 is 40.8. The Hall–Kier alpha value is 0.804. The number of hydrogen-bond acceptors (Lipinski definition) is 6. The SMILES string of the molecule is CC(C)(C)[Si](C)(C)OC[C@H]1O[C@@](O)(S(C)(=O)=O)C(Cl)(Cl)[C@@H]1O[Si](C)(C)C(C)(C)C. The summed E-state index contributed by atoms with van der Waals surface area (Å²) in [5.74, 6) is 0. The molecule has 6 nitrogen and oxygen atoms in total. The van der Waals surface area contributed by atoms with Crippen molar-refractivity contribution < 1.29 is 27.1 Å². The van der Waals surface area contributed by atoms with Crippen LogP contribution in [0.3, 0.4) is 0 Å². The van der Waals surface area contributed by atoms with E-state index in [2.05, 4.69) is 33.9 Å². The van der Waals surface area contributed by atoms with Crippen molar-refractivity contribution in [2.24, 2.45) is 0 Å². The Labute approximate surface area is 188 Å². The summed E-state index contributed by atoms with van der Waals surface area (Å²) in [6.45, 7) is 20.6. The minimum absolute atomic E-state index is 0.0226. The molecule has 1 aliphatic rings. The van der Waals surface area contributed by atoms with Gasteiger partial charge < -0.3 is 18.7 Å². The van der Waals surface area contributed by atoms with Crippen molar-refractivity contribution in [3.8, 4) is 0 Å². The molecule has 0 aromatic carbocycles. The number of hydrogen-bond donors (Lipinski definition) is 1. The standard InChI is InChI=1S/C18H38Cl2O6SSi2/c1-15(2,3)28(8,9)24-12-13-14(26-29(10,11)16(4,5)6)17(19,20)18(21,25-13)27(7,22)23/h13-14,21H,12H2,1-11H3/t13-,14-,18-/m1/s1. The zero-order valence-electron chi connectivity index (χ0n) is 19.5. The maximum atomic E-state index is 12.4. The van der Waals surface area contributed by atoms with Gasteiger partial charge in [-0.3, -0.25) is 0 Å². The maximum Gasteiger partial charge on any atom is 0.308 e. The second-order valence-electron chi connectivity index (χ2n) is 11.0. The molecule has 3 atom stereocenters. The maximum absolute atomic E-state index is 12.4. The van der Waals surface area contributed by atoms with Crippen molar-refractivity contribution in [2.45, 2.75) is 99.5 Å². The molecule has 29 heavy (non-hydrogen) atoms. The van der Waals surface area contributed by atoms with Crippen LogP contribution in [-0.4, -0.2) is 64.7 Å². The highest BCUT2D eigenvalue weighted by Crippen LogP contribution is 2.53. The minimum Gasteiger partial charge on any atom is -0.414 e. The third-order valence-corrected chi connectivity index (χ3v) is 18.1. The van der Waals surface area contributed by atoms with Crippen molar-refractivity contribution in [3.05, 3.63) is 0 Å². The largest absolute Gasteiger partial charge is 0.414 e. The van der Waals surface area contributed by atoms with Gasteiger partial charge in [0.05, 0.1) is 6.61 Å². The molecule has 1 rings (SSSR count). The first-order valence-corrected chi connectivity index (χ1v) is 18.2. The molecule has 0 unspecified atom stereocenters. The van der Waals surface area contributed by atoms with Gasteiger partial charge in [-0.15, -0.1) is 0 Å². The Kier molecular flexibility index (Phi) is 7.67. The second-order valence-corrected chi connectivity index (χ2v) is 24.1. The van der Waals surface area contributed by atoms with Crippen LogP contribution >= 0.6 is 23.2 Å². The van der Waals surface area contributed by atoms with Crippen LogP contribution in [0.4, 0.5) is 0 Å². The summed E-state index contributed by atoms with van der Waals surface area (Å²) in [4.78, 5) is 0. The van der Waals surface area contributed by atoms with Gasteiger partial charge in [0.15, 0.2) is 16.6 Å². The van der Waals surface area contributed by atoms with Crippen LogP contribution in [0.5, 0.6) is 0 Å². The molecule has 0 amide bonds. The van der Waals surface area contributed by atoms with Crippen molar-refractivity contribution in [3.63, 3.8) is 0 Å². The van der Waals surface area contributed by atoms with E-state index in [1.54, 1.807) is 0 Å². The molecule has 11 heteroatoms. The van der Waals surface area contributed by atoms with Crippen LogP contribution < -0.4 is 0 Å². The summed E-state index contributed by atoms with van der Waals surface area (Å²) in [5, 5.41) is 7.86. The van der Waals surface area contributed by atoms with Gasteiger partial charge in [0.2, 0.25) is 14.2 Å². The Morgan fingerprint density at radius 2 is 1.41 bits per heavy atom. The molecular weight excluding hydrogens is 471 g/mol. The second kappa shape index (κ2) is 7.99. The highest BCUT2D eigenvalue weighted by Gasteiger charge is 2.71.